The van der Waals surface area contributed by atoms with Crippen molar-refractivity contribution in [2.75, 3.05) is 14.2 Å². The first kappa shape index (κ1) is 44.5. The topological polar surface area (TPSA) is 143 Å². The zero-order valence-electron chi connectivity index (χ0n) is 33.6. The summed E-state index contributed by atoms with van der Waals surface area (Å²) < 4.78 is 49.6. The Bertz CT molecular complexity index is 1950. The van der Waals surface area contributed by atoms with E-state index in [4.69, 9.17) is 32.7 Å². The van der Waals surface area contributed by atoms with Crippen molar-refractivity contribution in [3.63, 3.8) is 0 Å². The second-order valence-electron chi connectivity index (χ2n) is 16.3. The average Bonchev–Trinajstić information content (AvgIpc) is 3.85. The molecule has 0 aromatic carbocycles. The van der Waals surface area contributed by atoms with Crippen molar-refractivity contribution in [2.24, 2.45) is 0 Å². The van der Waals surface area contributed by atoms with Crippen molar-refractivity contribution < 1.29 is 47.0 Å². The van der Waals surface area contributed by atoms with Crippen LogP contribution in [0.5, 0.6) is 0 Å². The molecule has 0 amide bonds. The van der Waals surface area contributed by atoms with Crippen LogP contribution in [0.15, 0.2) is 53.5 Å². The van der Waals surface area contributed by atoms with Gasteiger partial charge in [0.15, 0.2) is 0 Å². The Kier molecular flexibility index (Phi) is 12.6. The molecule has 18 heteroatoms. The van der Waals surface area contributed by atoms with Gasteiger partial charge in [0.2, 0.25) is 0 Å². The SMILES string of the molecule is C.CC1(C)OB(B2OC(C)(C)C(C)(C)O2)OC1(C)C.COC(=O)c1cnn2cccc(B3OC(C)(C)C(C)(C)O3)c12.COC(=O)c1cnn2cccc(Br)c12. The first-order valence-electron chi connectivity index (χ1n) is 17.7. The van der Waals surface area contributed by atoms with Crippen molar-refractivity contribution in [1.82, 2.24) is 19.2 Å². The molecule has 0 radical (unpaired) electrons. The summed E-state index contributed by atoms with van der Waals surface area (Å²) in [6.07, 6.45) is 6.53. The van der Waals surface area contributed by atoms with Crippen molar-refractivity contribution in [3.05, 3.63) is 64.7 Å². The van der Waals surface area contributed by atoms with E-state index in [0.29, 0.717) is 16.6 Å². The van der Waals surface area contributed by atoms with E-state index in [2.05, 4.69) is 30.9 Å². The number of pyridine rings is 2. The van der Waals surface area contributed by atoms with Crippen LogP contribution >= 0.6 is 15.9 Å². The minimum atomic E-state index is -0.561. The first-order chi connectivity index (χ1) is 24.9. The summed E-state index contributed by atoms with van der Waals surface area (Å²) in [5, 5.41) is 8.23. The highest BCUT2D eigenvalue weighted by Gasteiger charge is 2.63. The largest absolute Gasteiger partial charge is 0.497 e. The quantitative estimate of drug-likeness (QED) is 0.171. The zero-order valence-corrected chi connectivity index (χ0v) is 35.2. The molecule has 0 atom stereocenters. The van der Waals surface area contributed by atoms with E-state index in [1.54, 1.807) is 21.4 Å². The molecule has 7 heterocycles. The van der Waals surface area contributed by atoms with Gasteiger partial charge in [0.1, 0.15) is 11.1 Å². The predicted molar refractivity (Wildman–Crippen MR) is 215 cm³/mol. The summed E-state index contributed by atoms with van der Waals surface area (Å²) in [6.45, 7) is 24.2. The summed E-state index contributed by atoms with van der Waals surface area (Å²) in [7, 11) is 1.19. The lowest BCUT2D eigenvalue weighted by Crippen LogP contribution is -2.41. The number of halogens is 1. The molecule has 3 aliphatic rings. The van der Waals surface area contributed by atoms with Crippen LogP contribution in [0.3, 0.4) is 0 Å². The van der Waals surface area contributed by atoms with Gasteiger partial charge in [0, 0.05) is 22.3 Å². The Morgan fingerprint density at radius 2 is 0.945 bits per heavy atom. The molecular weight excluding hydrogens is 773 g/mol. The van der Waals surface area contributed by atoms with E-state index >= 15 is 0 Å². The van der Waals surface area contributed by atoms with E-state index in [0.717, 1.165) is 15.5 Å². The summed E-state index contributed by atoms with van der Waals surface area (Å²) in [6, 6.07) is 7.42. The highest BCUT2D eigenvalue weighted by Crippen LogP contribution is 2.43. The molecule has 0 N–H and O–H groups in total. The lowest BCUT2D eigenvalue weighted by Gasteiger charge is -2.32. The molecular formula is C37H54B3BrN4O10. The van der Waals surface area contributed by atoms with E-state index in [1.165, 1.54) is 26.6 Å². The number of hydrogen-bond acceptors (Lipinski definition) is 12. The number of nitrogens with zero attached hydrogens (tertiary/aromatic N) is 4. The summed E-state index contributed by atoms with van der Waals surface area (Å²) in [4.78, 5) is 23.3. The van der Waals surface area contributed by atoms with Gasteiger partial charge in [-0.1, -0.05) is 13.5 Å². The van der Waals surface area contributed by atoms with Crippen molar-refractivity contribution in [3.8, 4) is 0 Å². The first-order valence-corrected chi connectivity index (χ1v) is 18.5. The molecule has 0 saturated carbocycles. The van der Waals surface area contributed by atoms with Crippen LogP contribution in [0.1, 0.15) is 111 Å². The number of rotatable bonds is 4. The van der Waals surface area contributed by atoms with E-state index < -0.39 is 38.3 Å². The standard InChI is InChI=1S/C15H19BN2O4.C12H24B2O4.C9H7BrN2O2.CH4/c1-14(2)15(3,4)22-16(21-14)11-7-6-8-18-12(11)10(9-17-18)13(19)20-5;1-9(2)10(3,4)16-13(15-9)14-17-11(5,6)12(7,8)18-14;1-14-9(13)6-5-11-12-4-2-3-7(10)8(6)12;/h6-9H,1-5H3;1-8H3;2-5H,1H3;1H4. The molecule has 0 spiro atoms. The van der Waals surface area contributed by atoms with Crippen molar-refractivity contribution in [2.45, 2.75) is 124 Å². The lowest BCUT2D eigenvalue weighted by atomic mass is 9.49. The van der Waals surface area contributed by atoms with Crippen LogP contribution in [0.25, 0.3) is 11.0 Å². The monoisotopic (exact) mass is 826 g/mol. The zero-order chi connectivity index (χ0) is 40.2. The molecule has 4 aromatic rings. The van der Waals surface area contributed by atoms with E-state index in [-0.39, 0.29) is 35.8 Å². The van der Waals surface area contributed by atoms with E-state index in [9.17, 15) is 9.59 Å². The molecule has 55 heavy (non-hydrogen) atoms. The van der Waals surface area contributed by atoms with Gasteiger partial charge in [0.05, 0.1) is 71.3 Å². The fraction of sp³-hybridized carbons (Fsp3) is 0.568. The minimum Gasteiger partial charge on any atom is -0.465 e. The third kappa shape index (κ3) is 8.41. The van der Waals surface area contributed by atoms with Crippen molar-refractivity contribution >= 4 is 65.5 Å². The lowest BCUT2D eigenvalue weighted by molar-refractivity contribution is 0.00578. The van der Waals surface area contributed by atoms with Crippen LogP contribution in [0, 0.1) is 0 Å². The fourth-order valence-corrected chi connectivity index (χ4v) is 6.30. The van der Waals surface area contributed by atoms with Gasteiger partial charge in [-0.2, -0.15) is 10.2 Å². The molecule has 3 fully saturated rings. The van der Waals surface area contributed by atoms with Crippen LogP contribution < -0.4 is 5.46 Å². The van der Waals surface area contributed by atoms with E-state index in [1.807, 2.05) is 107 Å². The molecule has 7 rings (SSSR count). The maximum atomic E-state index is 12.0. The number of methoxy groups -OCH3 is 2. The molecule has 298 valence electrons. The maximum Gasteiger partial charge on any atom is 0.497 e. The van der Waals surface area contributed by atoms with Crippen LogP contribution in [-0.2, 0) is 37.4 Å². The van der Waals surface area contributed by atoms with Gasteiger partial charge < -0.3 is 37.4 Å². The van der Waals surface area contributed by atoms with Gasteiger partial charge in [-0.05, 0) is 117 Å². The number of carbonyl (C=O) groups excluding carboxylic acids is 2. The highest BCUT2D eigenvalue weighted by molar-refractivity contribution is 9.10. The van der Waals surface area contributed by atoms with Gasteiger partial charge in [-0.25, -0.2) is 18.6 Å². The van der Waals surface area contributed by atoms with Crippen LogP contribution in [0.4, 0.5) is 0 Å². The number of carbonyl (C=O) groups is 2. The second-order valence-corrected chi connectivity index (χ2v) is 17.2. The molecule has 3 aliphatic heterocycles. The minimum absolute atomic E-state index is 0. The number of hydrogen-bond donors (Lipinski definition) is 0. The van der Waals surface area contributed by atoms with Gasteiger partial charge >= 0.3 is 33.1 Å². The molecule has 0 aliphatic carbocycles. The third-order valence-electron chi connectivity index (χ3n) is 11.1. The Labute approximate surface area is 333 Å². The predicted octanol–water partition coefficient (Wildman–Crippen LogP) is 6.19. The normalized spacial score (nSPS) is 21.0. The van der Waals surface area contributed by atoms with Crippen molar-refractivity contribution in [1.29, 1.82) is 0 Å². The molecule has 0 unspecified atom stereocenters. The van der Waals surface area contributed by atoms with Gasteiger partial charge in [-0.3, -0.25) is 0 Å². The second kappa shape index (κ2) is 15.6. The smallest absolute Gasteiger partial charge is 0.465 e. The Hall–Kier alpha value is -3.25. The number of esters is 2. The third-order valence-corrected chi connectivity index (χ3v) is 11.8. The summed E-state index contributed by atoms with van der Waals surface area (Å²) in [5.41, 5.74) is 0.649. The maximum absolute atomic E-state index is 12.0. The molecule has 4 aromatic heterocycles. The Balaban J connectivity index is 0.000000186. The number of aromatic nitrogens is 4. The summed E-state index contributed by atoms with van der Waals surface area (Å²) in [5.74, 6) is -0.814. The fourth-order valence-electron chi connectivity index (χ4n) is 5.75. The van der Waals surface area contributed by atoms with Crippen LogP contribution in [0.2, 0.25) is 0 Å². The number of ether oxygens (including phenoxy) is 2. The molecule has 3 saturated heterocycles. The molecule has 0 bridgehead atoms. The van der Waals surface area contributed by atoms with Crippen LogP contribution in [-0.4, -0.2) is 100 Å². The Morgan fingerprint density at radius 1 is 0.600 bits per heavy atom. The number of fused-ring (bicyclic) bond motifs is 2. The van der Waals surface area contributed by atoms with Gasteiger partial charge in [-0.15, -0.1) is 0 Å². The Morgan fingerprint density at radius 3 is 1.35 bits per heavy atom. The van der Waals surface area contributed by atoms with Gasteiger partial charge in [0.25, 0.3) is 0 Å². The highest BCUT2D eigenvalue weighted by atomic mass is 79.9. The average molecular weight is 827 g/mol. The summed E-state index contributed by atoms with van der Waals surface area (Å²) >= 11 is 3.36. The molecule has 14 nitrogen and oxygen atoms in total.